The molecule has 0 aliphatic rings. The second kappa shape index (κ2) is 3.98. The van der Waals surface area contributed by atoms with Gasteiger partial charge in [-0.15, -0.1) is 0 Å². The number of carboxylic acids is 1. The number of benzene rings is 1. The van der Waals surface area contributed by atoms with E-state index in [4.69, 9.17) is 5.11 Å². The lowest BCUT2D eigenvalue weighted by molar-refractivity contribution is 0.0696. The van der Waals surface area contributed by atoms with E-state index in [0.29, 0.717) is 11.1 Å². The molecule has 2 aromatic rings. The number of carbonyl (C=O) groups excluding carboxylic acids is 1. The van der Waals surface area contributed by atoms with Crippen LogP contribution in [0.1, 0.15) is 38.9 Å². The summed E-state index contributed by atoms with van der Waals surface area (Å²) in [7, 11) is 1.84. The van der Waals surface area contributed by atoms with Crippen LogP contribution in [0.25, 0.3) is 10.9 Å². The topological polar surface area (TPSA) is 59.3 Å². The van der Waals surface area contributed by atoms with Gasteiger partial charge < -0.3 is 9.67 Å². The monoisotopic (exact) mass is 245 g/mol. The minimum absolute atomic E-state index is 0.000532. The molecule has 1 aromatic heterocycles. The average Bonchev–Trinajstić information content (AvgIpc) is 2.50. The van der Waals surface area contributed by atoms with Crippen molar-refractivity contribution in [3.8, 4) is 0 Å². The van der Waals surface area contributed by atoms with Gasteiger partial charge in [0.2, 0.25) is 0 Å². The fraction of sp³-hybridized carbons (Fsp3) is 0.286. The lowest BCUT2D eigenvalue weighted by Crippen LogP contribution is -2.00. The van der Waals surface area contributed by atoms with E-state index in [1.807, 2.05) is 18.5 Å². The fourth-order valence-electron chi connectivity index (χ4n) is 2.39. The summed E-state index contributed by atoms with van der Waals surface area (Å²) in [6.07, 6.45) is 0. The molecule has 1 heterocycles. The quantitative estimate of drug-likeness (QED) is 0.827. The van der Waals surface area contributed by atoms with Crippen molar-refractivity contribution >= 4 is 22.7 Å². The van der Waals surface area contributed by atoms with Crippen molar-refractivity contribution in [3.05, 3.63) is 34.5 Å². The molecule has 0 bridgehead atoms. The molecule has 0 aliphatic heterocycles. The smallest absolute Gasteiger partial charge is 0.336 e. The van der Waals surface area contributed by atoms with Crippen LogP contribution in [0.3, 0.4) is 0 Å². The number of ketones is 1. The summed E-state index contributed by atoms with van der Waals surface area (Å²) in [6.45, 7) is 5.14. The Bertz CT molecular complexity index is 680. The van der Waals surface area contributed by atoms with Crippen molar-refractivity contribution < 1.29 is 14.7 Å². The van der Waals surface area contributed by atoms with Crippen LogP contribution in [0.4, 0.5) is 0 Å². The van der Waals surface area contributed by atoms with Crippen molar-refractivity contribution in [2.75, 3.05) is 0 Å². The van der Waals surface area contributed by atoms with Gasteiger partial charge in [0.1, 0.15) is 0 Å². The zero-order valence-electron chi connectivity index (χ0n) is 10.9. The number of nitrogens with zero attached hydrogens (tertiary/aromatic N) is 1. The van der Waals surface area contributed by atoms with Gasteiger partial charge in [-0.2, -0.15) is 0 Å². The summed E-state index contributed by atoms with van der Waals surface area (Å²) in [4.78, 5) is 22.8. The molecule has 94 valence electrons. The summed E-state index contributed by atoms with van der Waals surface area (Å²) in [5.41, 5.74) is 3.26. The predicted molar refractivity (Wildman–Crippen MR) is 69.4 cm³/mol. The molecule has 0 unspecified atom stereocenters. The molecule has 0 spiro atoms. The van der Waals surface area contributed by atoms with Gasteiger partial charge in [-0.3, -0.25) is 4.79 Å². The van der Waals surface area contributed by atoms with E-state index in [2.05, 4.69) is 0 Å². The Balaban J connectivity index is 2.93. The third-order valence-electron chi connectivity index (χ3n) is 3.42. The second-order valence-corrected chi connectivity index (χ2v) is 4.57. The van der Waals surface area contributed by atoms with Crippen molar-refractivity contribution in [3.63, 3.8) is 0 Å². The molecule has 0 saturated carbocycles. The zero-order valence-corrected chi connectivity index (χ0v) is 10.9. The number of aromatic carboxylic acids is 1. The van der Waals surface area contributed by atoms with Gasteiger partial charge >= 0.3 is 5.97 Å². The number of Topliss-reactive ketones (excluding diaryl/α,β-unsaturated/α-hetero) is 1. The fourth-order valence-corrected chi connectivity index (χ4v) is 2.39. The summed E-state index contributed by atoms with van der Waals surface area (Å²) in [5.74, 6) is -0.946. The van der Waals surface area contributed by atoms with E-state index in [0.717, 1.165) is 16.6 Å². The number of rotatable bonds is 2. The van der Waals surface area contributed by atoms with Gasteiger partial charge in [-0.1, -0.05) is 0 Å². The number of aryl methyl sites for hydroxylation is 2. The molecule has 1 aromatic carbocycles. The first-order valence-corrected chi connectivity index (χ1v) is 5.68. The summed E-state index contributed by atoms with van der Waals surface area (Å²) in [5, 5.41) is 9.95. The predicted octanol–water partition coefficient (Wildman–Crippen LogP) is 2.70. The van der Waals surface area contributed by atoms with Gasteiger partial charge in [-0.25, -0.2) is 4.79 Å². The first-order valence-electron chi connectivity index (χ1n) is 5.68. The molecule has 4 heteroatoms. The van der Waals surface area contributed by atoms with E-state index in [-0.39, 0.29) is 11.3 Å². The molecule has 0 radical (unpaired) electrons. The van der Waals surface area contributed by atoms with Crippen molar-refractivity contribution in [1.82, 2.24) is 4.57 Å². The molecular formula is C14H15NO3. The number of carbonyl (C=O) groups is 2. The second-order valence-electron chi connectivity index (χ2n) is 4.57. The number of fused-ring (bicyclic) bond motifs is 1. The summed E-state index contributed by atoms with van der Waals surface area (Å²) < 4.78 is 1.86. The molecule has 0 amide bonds. The highest BCUT2D eigenvalue weighted by Gasteiger charge is 2.18. The van der Waals surface area contributed by atoms with E-state index < -0.39 is 5.97 Å². The van der Waals surface area contributed by atoms with Crippen LogP contribution in [-0.4, -0.2) is 21.4 Å². The minimum atomic E-state index is -0.947. The van der Waals surface area contributed by atoms with Crippen molar-refractivity contribution in [1.29, 1.82) is 0 Å². The average molecular weight is 245 g/mol. The highest BCUT2D eigenvalue weighted by Crippen LogP contribution is 2.28. The highest BCUT2D eigenvalue weighted by molar-refractivity contribution is 6.09. The van der Waals surface area contributed by atoms with Crippen LogP contribution < -0.4 is 0 Å². The number of carboxylic acid groups (broad SMARTS) is 1. The standard InChI is InChI=1S/C14H15NO3/c1-7-5-11-12(6-10(7)14(17)18)15(4)8(2)13(11)9(3)16/h5-6H,1-4H3,(H,17,18). The zero-order chi connectivity index (χ0) is 13.6. The van der Waals surface area contributed by atoms with Gasteiger partial charge in [-0.05, 0) is 38.5 Å². The van der Waals surface area contributed by atoms with Crippen LogP contribution in [0.2, 0.25) is 0 Å². The minimum Gasteiger partial charge on any atom is -0.478 e. The van der Waals surface area contributed by atoms with Crippen LogP contribution in [0.5, 0.6) is 0 Å². The molecule has 2 rings (SSSR count). The van der Waals surface area contributed by atoms with Gasteiger partial charge in [0.05, 0.1) is 5.56 Å². The maximum absolute atomic E-state index is 11.7. The van der Waals surface area contributed by atoms with E-state index in [9.17, 15) is 9.59 Å². The maximum Gasteiger partial charge on any atom is 0.336 e. The van der Waals surface area contributed by atoms with Gasteiger partial charge in [0, 0.05) is 29.2 Å². The van der Waals surface area contributed by atoms with E-state index in [1.54, 1.807) is 19.1 Å². The van der Waals surface area contributed by atoms with E-state index >= 15 is 0 Å². The summed E-state index contributed by atoms with van der Waals surface area (Å²) in [6, 6.07) is 3.41. The van der Waals surface area contributed by atoms with Gasteiger partial charge in [0.25, 0.3) is 0 Å². The van der Waals surface area contributed by atoms with Gasteiger partial charge in [0.15, 0.2) is 5.78 Å². The molecule has 0 fully saturated rings. The van der Waals surface area contributed by atoms with Crippen molar-refractivity contribution in [2.24, 2.45) is 7.05 Å². The first kappa shape index (κ1) is 12.4. The molecule has 0 saturated heterocycles. The normalized spacial score (nSPS) is 10.9. The molecule has 0 aliphatic carbocycles. The third kappa shape index (κ3) is 1.61. The molecule has 1 N–H and O–H groups in total. The highest BCUT2D eigenvalue weighted by atomic mass is 16.4. The van der Waals surface area contributed by atoms with Crippen molar-refractivity contribution in [2.45, 2.75) is 20.8 Å². The molecule has 18 heavy (non-hydrogen) atoms. The summed E-state index contributed by atoms with van der Waals surface area (Å²) >= 11 is 0. The van der Waals surface area contributed by atoms with Crippen LogP contribution in [-0.2, 0) is 7.05 Å². The van der Waals surface area contributed by atoms with Crippen LogP contribution in [0, 0.1) is 13.8 Å². The Labute approximate surface area is 105 Å². The lowest BCUT2D eigenvalue weighted by atomic mass is 10.0. The maximum atomic E-state index is 11.7. The third-order valence-corrected chi connectivity index (χ3v) is 3.42. The largest absolute Gasteiger partial charge is 0.478 e. The number of hydrogen-bond donors (Lipinski definition) is 1. The lowest BCUT2D eigenvalue weighted by Gasteiger charge is -2.03. The number of aromatic nitrogens is 1. The number of hydrogen-bond acceptors (Lipinski definition) is 2. The molecule has 0 atom stereocenters. The first-order chi connectivity index (χ1) is 8.34. The Morgan fingerprint density at radius 1 is 1.22 bits per heavy atom. The Morgan fingerprint density at radius 2 is 1.83 bits per heavy atom. The Morgan fingerprint density at radius 3 is 2.33 bits per heavy atom. The molecule has 4 nitrogen and oxygen atoms in total. The Hall–Kier alpha value is -2.10. The van der Waals surface area contributed by atoms with Crippen LogP contribution in [0.15, 0.2) is 12.1 Å². The SMILES string of the molecule is CC(=O)c1c(C)n(C)c2cc(C(=O)O)c(C)cc12. The Kier molecular flexibility index (Phi) is 2.73. The van der Waals surface area contributed by atoms with Crippen LogP contribution >= 0.6 is 0 Å². The molecular weight excluding hydrogens is 230 g/mol. The van der Waals surface area contributed by atoms with E-state index in [1.165, 1.54) is 6.92 Å².